The molecule has 2 aromatic rings. The van der Waals surface area contributed by atoms with Gasteiger partial charge in [-0.3, -0.25) is 9.36 Å². The maximum absolute atomic E-state index is 12.5. The van der Waals surface area contributed by atoms with Crippen molar-refractivity contribution in [3.63, 3.8) is 0 Å². The van der Waals surface area contributed by atoms with Crippen molar-refractivity contribution in [2.75, 3.05) is 0 Å². The van der Waals surface area contributed by atoms with Gasteiger partial charge >= 0.3 is 0 Å². The summed E-state index contributed by atoms with van der Waals surface area (Å²) in [6.07, 6.45) is 0. The van der Waals surface area contributed by atoms with Crippen molar-refractivity contribution in [1.82, 2.24) is 4.57 Å². The molecule has 0 amide bonds. The van der Waals surface area contributed by atoms with E-state index in [-0.39, 0.29) is 5.56 Å². The van der Waals surface area contributed by atoms with Crippen molar-refractivity contribution in [1.29, 1.82) is 0 Å². The SMILES string of the molecule is O=c1ccc2ccccc2n1CF. The molecule has 0 spiro atoms. The van der Waals surface area contributed by atoms with E-state index in [0.717, 1.165) is 9.95 Å². The van der Waals surface area contributed by atoms with Crippen LogP contribution in [0.25, 0.3) is 10.9 Å². The van der Waals surface area contributed by atoms with Crippen LogP contribution in [-0.2, 0) is 6.80 Å². The zero-order chi connectivity index (χ0) is 9.26. The molecule has 3 heteroatoms. The van der Waals surface area contributed by atoms with Gasteiger partial charge in [-0.25, -0.2) is 4.39 Å². The highest BCUT2D eigenvalue weighted by atomic mass is 19.1. The highest BCUT2D eigenvalue weighted by molar-refractivity contribution is 5.78. The Bertz CT molecular complexity index is 489. The van der Waals surface area contributed by atoms with E-state index in [4.69, 9.17) is 0 Å². The van der Waals surface area contributed by atoms with E-state index >= 15 is 0 Å². The van der Waals surface area contributed by atoms with Gasteiger partial charge in [-0.1, -0.05) is 18.2 Å². The standard InChI is InChI=1S/C10H8FNO/c11-7-12-9-4-2-1-3-8(9)5-6-10(12)13/h1-6H,7H2. The van der Waals surface area contributed by atoms with E-state index in [1.165, 1.54) is 6.07 Å². The van der Waals surface area contributed by atoms with Crippen LogP contribution in [0.5, 0.6) is 0 Å². The topological polar surface area (TPSA) is 22.0 Å². The fourth-order valence-electron chi connectivity index (χ4n) is 1.37. The number of fused-ring (bicyclic) bond motifs is 1. The molecule has 0 N–H and O–H groups in total. The fraction of sp³-hybridized carbons (Fsp3) is 0.100. The van der Waals surface area contributed by atoms with Gasteiger partial charge in [-0.05, 0) is 17.5 Å². The number of pyridine rings is 1. The number of benzene rings is 1. The largest absolute Gasteiger partial charge is 0.279 e. The lowest BCUT2D eigenvalue weighted by molar-refractivity contribution is 0.378. The molecule has 0 fully saturated rings. The molecule has 0 aliphatic rings. The molecule has 0 aliphatic carbocycles. The average Bonchev–Trinajstić information content (AvgIpc) is 2.18. The van der Waals surface area contributed by atoms with Gasteiger partial charge in [-0.15, -0.1) is 0 Å². The van der Waals surface area contributed by atoms with Crippen LogP contribution in [0.1, 0.15) is 0 Å². The number of halogens is 1. The Morgan fingerprint density at radius 2 is 1.92 bits per heavy atom. The van der Waals surface area contributed by atoms with Gasteiger partial charge in [-0.2, -0.15) is 0 Å². The minimum Gasteiger partial charge on any atom is -0.279 e. The molecule has 0 aliphatic heterocycles. The smallest absolute Gasteiger partial charge is 0.253 e. The van der Waals surface area contributed by atoms with Gasteiger partial charge in [0.1, 0.15) is 0 Å². The Labute approximate surface area is 74.2 Å². The van der Waals surface area contributed by atoms with Gasteiger partial charge in [0.15, 0.2) is 6.80 Å². The van der Waals surface area contributed by atoms with Crippen LogP contribution in [0.3, 0.4) is 0 Å². The van der Waals surface area contributed by atoms with Crippen LogP contribution in [0.2, 0.25) is 0 Å². The molecule has 1 aromatic heterocycles. The molecular weight excluding hydrogens is 169 g/mol. The van der Waals surface area contributed by atoms with E-state index in [0.29, 0.717) is 5.52 Å². The first-order chi connectivity index (χ1) is 6.33. The molecule has 0 saturated heterocycles. The van der Waals surface area contributed by atoms with Crippen LogP contribution >= 0.6 is 0 Å². The number of alkyl halides is 1. The van der Waals surface area contributed by atoms with Crippen molar-refractivity contribution >= 4 is 10.9 Å². The van der Waals surface area contributed by atoms with Crippen LogP contribution in [0, 0.1) is 0 Å². The summed E-state index contributed by atoms with van der Waals surface area (Å²) < 4.78 is 13.6. The van der Waals surface area contributed by atoms with E-state index in [1.54, 1.807) is 18.2 Å². The van der Waals surface area contributed by atoms with E-state index < -0.39 is 6.80 Å². The molecule has 66 valence electrons. The summed E-state index contributed by atoms with van der Waals surface area (Å²) in [4.78, 5) is 11.2. The number of para-hydroxylation sites is 1. The zero-order valence-electron chi connectivity index (χ0n) is 6.90. The van der Waals surface area contributed by atoms with Crippen molar-refractivity contribution in [3.05, 3.63) is 46.8 Å². The molecule has 13 heavy (non-hydrogen) atoms. The molecule has 0 bridgehead atoms. The van der Waals surface area contributed by atoms with Crippen molar-refractivity contribution in [2.45, 2.75) is 6.80 Å². The number of rotatable bonds is 1. The summed E-state index contributed by atoms with van der Waals surface area (Å²) in [5.74, 6) is 0. The van der Waals surface area contributed by atoms with Gasteiger partial charge in [0.05, 0.1) is 5.52 Å². The number of hydrogen-bond acceptors (Lipinski definition) is 1. The van der Waals surface area contributed by atoms with Gasteiger partial charge in [0, 0.05) is 6.07 Å². The third-order valence-corrected chi connectivity index (χ3v) is 2.02. The summed E-state index contributed by atoms with van der Waals surface area (Å²) >= 11 is 0. The Hall–Kier alpha value is -1.64. The second-order valence-corrected chi connectivity index (χ2v) is 2.78. The second kappa shape index (κ2) is 3.01. The molecule has 0 saturated carbocycles. The predicted molar refractivity (Wildman–Crippen MR) is 49.3 cm³/mol. The molecular formula is C10H8FNO. The quantitative estimate of drug-likeness (QED) is 0.652. The van der Waals surface area contributed by atoms with Crippen LogP contribution in [0.15, 0.2) is 41.2 Å². The second-order valence-electron chi connectivity index (χ2n) is 2.78. The summed E-state index contributed by atoms with van der Waals surface area (Å²) in [7, 11) is 0. The van der Waals surface area contributed by atoms with Crippen molar-refractivity contribution in [2.24, 2.45) is 0 Å². The first kappa shape index (κ1) is 7.98. The van der Waals surface area contributed by atoms with E-state index in [1.807, 2.05) is 12.1 Å². The average molecular weight is 177 g/mol. The Morgan fingerprint density at radius 3 is 2.69 bits per heavy atom. The first-order valence-corrected chi connectivity index (χ1v) is 3.97. The lowest BCUT2D eigenvalue weighted by Crippen LogP contribution is -2.17. The third kappa shape index (κ3) is 1.22. The number of hydrogen-bond donors (Lipinski definition) is 0. The normalized spacial score (nSPS) is 10.5. The lowest BCUT2D eigenvalue weighted by atomic mass is 10.2. The monoisotopic (exact) mass is 177 g/mol. The molecule has 0 atom stereocenters. The van der Waals surface area contributed by atoms with Crippen molar-refractivity contribution < 1.29 is 4.39 Å². The molecule has 2 nitrogen and oxygen atoms in total. The minimum atomic E-state index is -0.778. The maximum Gasteiger partial charge on any atom is 0.253 e. The van der Waals surface area contributed by atoms with E-state index in [2.05, 4.69) is 0 Å². The zero-order valence-corrected chi connectivity index (χ0v) is 6.90. The van der Waals surface area contributed by atoms with Crippen LogP contribution in [0.4, 0.5) is 4.39 Å². The molecule has 1 heterocycles. The van der Waals surface area contributed by atoms with Gasteiger partial charge < -0.3 is 0 Å². The highest BCUT2D eigenvalue weighted by Gasteiger charge is 1.99. The first-order valence-electron chi connectivity index (χ1n) is 3.97. The van der Waals surface area contributed by atoms with Crippen LogP contribution in [-0.4, -0.2) is 4.57 Å². The summed E-state index contributed by atoms with van der Waals surface area (Å²) in [5, 5.41) is 0.875. The van der Waals surface area contributed by atoms with Crippen molar-refractivity contribution in [3.8, 4) is 0 Å². The Kier molecular flexibility index (Phi) is 1.85. The maximum atomic E-state index is 12.5. The lowest BCUT2D eigenvalue weighted by Gasteiger charge is -2.04. The Morgan fingerprint density at radius 1 is 1.15 bits per heavy atom. The predicted octanol–water partition coefficient (Wildman–Crippen LogP) is 1.93. The molecule has 2 rings (SSSR count). The Balaban J connectivity index is 2.92. The molecule has 0 radical (unpaired) electrons. The highest BCUT2D eigenvalue weighted by Crippen LogP contribution is 2.10. The summed E-state index contributed by atoms with van der Waals surface area (Å²) in [5.41, 5.74) is 0.332. The number of nitrogens with zero attached hydrogens (tertiary/aromatic N) is 1. The van der Waals surface area contributed by atoms with Gasteiger partial charge in [0.25, 0.3) is 5.56 Å². The minimum absolute atomic E-state index is 0.304. The number of aromatic nitrogens is 1. The van der Waals surface area contributed by atoms with Gasteiger partial charge in [0.2, 0.25) is 0 Å². The fourth-order valence-corrected chi connectivity index (χ4v) is 1.37. The summed E-state index contributed by atoms with van der Waals surface area (Å²) in [6.45, 7) is -0.778. The van der Waals surface area contributed by atoms with Crippen LogP contribution < -0.4 is 5.56 Å². The summed E-state index contributed by atoms with van der Waals surface area (Å²) in [6, 6.07) is 10.3. The third-order valence-electron chi connectivity index (χ3n) is 2.02. The molecule has 0 unspecified atom stereocenters. The van der Waals surface area contributed by atoms with E-state index in [9.17, 15) is 9.18 Å². The molecule has 1 aromatic carbocycles.